The summed E-state index contributed by atoms with van der Waals surface area (Å²) in [6.07, 6.45) is 0. The predicted molar refractivity (Wildman–Crippen MR) is 223 cm³/mol. The summed E-state index contributed by atoms with van der Waals surface area (Å²) < 4.78 is 8.66. The van der Waals surface area contributed by atoms with Gasteiger partial charge in [-0.15, -0.1) is 0 Å². The second-order valence-corrected chi connectivity index (χ2v) is 13.8. The lowest BCUT2D eigenvalue weighted by atomic mass is 9.99. The van der Waals surface area contributed by atoms with Crippen molar-refractivity contribution in [2.24, 2.45) is 0 Å². The molecular formula is C50H32N2O. The first kappa shape index (κ1) is 29.6. The Balaban J connectivity index is 1.10. The van der Waals surface area contributed by atoms with Crippen molar-refractivity contribution in [2.45, 2.75) is 0 Å². The van der Waals surface area contributed by atoms with Gasteiger partial charge in [0.1, 0.15) is 11.2 Å². The molecule has 0 N–H and O–H groups in total. The Kier molecular flexibility index (Phi) is 6.55. The van der Waals surface area contributed by atoms with Gasteiger partial charge in [0.05, 0.1) is 11.0 Å². The summed E-state index contributed by atoms with van der Waals surface area (Å²) in [7, 11) is 0. The third kappa shape index (κ3) is 4.75. The van der Waals surface area contributed by atoms with Crippen LogP contribution in [-0.2, 0) is 0 Å². The van der Waals surface area contributed by atoms with Gasteiger partial charge in [0.2, 0.25) is 0 Å². The van der Waals surface area contributed by atoms with Crippen molar-refractivity contribution in [2.75, 3.05) is 4.90 Å². The molecule has 2 aromatic heterocycles. The van der Waals surface area contributed by atoms with Crippen molar-refractivity contribution in [1.82, 2.24) is 4.57 Å². The summed E-state index contributed by atoms with van der Waals surface area (Å²) in [6.45, 7) is 0. The normalized spacial score (nSPS) is 11.8. The van der Waals surface area contributed by atoms with E-state index >= 15 is 0 Å². The summed E-state index contributed by atoms with van der Waals surface area (Å²) in [5.74, 6) is 0. The van der Waals surface area contributed by atoms with Crippen LogP contribution in [0.15, 0.2) is 199 Å². The third-order valence-electron chi connectivity index (χ3n) is 10.7. The Bertz CT molecular complexity index is 3170. The molecule has 0 amide bonds. The van der Waals surface area contributed by atoms with E-state index in [0.29, 0.717) is 0 Å². The molecule has 0 aliphatic carbocycles. The Labute approximate surface area is 306 Å². The van der Waals surface area contributed by atoms with Crippen molar-refractivity contribution in [3.63, 3.8) is 0 Å². The van der Waals surface area contributed by atoms with Gasteiger partial charge in [0.25, 0.3) is 0 Å². The van der Waals surface area contributed by atoms with E-state index < -0.39 is 0 Å². The Hall–Kier alpha value is -7.10. The van der Waals surface area contributed by atoms with E-state index in [1.54, 1.807) is 0 Å². The highest BCUT2D eigenvalue weighted by molar-refractivity contribution is 6.17. The lowest BCUT2D eigenvalue weighted by Crippen LogP contribution is -2.10. The number of hydrogen-bond acceptors (Lipinski definition) is 2. The van der Waals surface area contributed by atoms with E-state index in [-0.39, 0.29) is 0 Å². The molecule has 0 aliphatic rings. The molecule has 0 aliphatic heterocycles. The first-order chi connectivity index (χ1) is 26.3. The van der Waals surface area contributed by atoms with Gasteiger partial charge in [-0.25, -0.2) is 0 Å². The minimum absolute atomic E-state index is 0.915. The van der Waals surface area contributed by atoms with E-state index in [2.05, 4.69) is 191 Å². The zero-order chi connectivity index (χ0) is 34.9. The number of aromatic nitrogens is 1. The van der Waals surface area contributed by atoms with Crippen molar-refractivity contribution in [1.29, 1.82) is 0 Å². The topological polar surface area (TPSA) is 21.3 Å². The van der Waals surface area contributed by atoms with Gasteiger partial charge < -0.3 is 13.9 Å². The number of benzene rings is 9. The number of furan rings is 1. The van der Waals surface area contributed by atoms with Crippen molar-refractivity contribution < 1.29 is 4.42 Å². The molecule has 3 heteroatoms. The van der Waals surface area contributed by atoms with Gasteiger partial charge in [-0.3, -0.25) is 0 Å². The molecule has 0 radical (unpaired) electrons. The lowest BCUT2D eigenvalue weighted by Gasteiger charge is -2.26. The molecule has 3 nitrogen and oxygen atoms in total. The van der Waals surface area contributed by atoms with E-state index in [1.165, 1.54) is 49.1 Å². The molecule has 0 unspecified atom stereocenters. The van der Waals surface area contributed by atoms with E-state index in [4.69, 9.17) is 4.42 Å². The zero-order valence-electron chi connectivity index (χ0n) is 28.8. The van der Waals surface area contributed by atoms with Crippen molar-refractivity contribution in [3.05, 3.63) is 194 Å². The second-order valence-electron chi connectivity index (χ2n) is 13.8. The lowest BCUT2D eigenvalue weighted by molar-refractivity contribution is 0.669. The maximum Gasteiger partial charge on any atom is 0.136 e. The predicted octanol–water partition coefficient (Wildman–Crippen LogP) is 14.1. The fraction of sp³-hybridized carbons (Fsp3) is 0. The first-order valence-corrected chi connectivity index (χ1v) is 18.1. The third-order valence-corrected chi connectivity index (χ3v) is 10.7. The summed E-state index contributed by atoms with van der Waals surface area (Å²) in [5.41, 5.74) is 11.0. The average molecular weight is 677 g/mol. The van der Waals surface area contributed by atoms with Crippen LogP contribution in [0.5, 0.6) is 0 Å². The quantitative estimate of drug-likeness (QED) is 0.169. The standard InChI is InChI=1S/C50H32N2O/c1-3-12-33(13-4-1)35-25-27-48-45(28-35)41-18-7-9-20-47(41)52(48)39-17-11-16-38(30-39)51(37-14-5-2-6-15-37)40-26-24-34-22-23-36-29-50-46(32-44(36)43(34)31-40)42-19-8-10-21-49(42)53-50/h1-32H. The van der Waals surface area contributed by atoms with Crippen LogP contribution in [0.3, 0.4) is 0 Å². The van der Waals surface area contributed by atoms with Crippen LogP contribution in [0.1, 0.15) is 0 Å². The van der Waals surface area contributed by atoms with Gasteiger partial charge >= 0.3 is 0 Å². The smallest absolute Gasteiger partial charge is 0.136 e. The molecule has 53 heavy (non-hydrogen) atoms. The largest absolute Gasteiger partial charge is 0.456 e. The van der Waals surface area contributed by atoms with Crippen LogP contribution in [0.4, 0.5) is 17.1 Å². The maximum atomic E-state index is 6.26. The van der Waals surface area contributed by atoms with Crippen LogP contribution in [0, 0.1) is 0 Å². The Morgan fingerprint density at radius 3 is 1.91 bits per heavy atom. The van der Waals surface area contributed by atoms with Crippen LogP contribution in [-0.4, -0.2) is 4.57 Å². The number of hydrogen-bond donors (Lipinski definition) is 0. The highest BCUT2D eigenvalue weighted by Crippen LogP contribution is 2.41. The molecule has 11 rings (SSSR count). The summed E-state index contributed by atoms with van der Waals surface area (Å²) in [6, 6.07) is 69.9. The van der Waals surface area contributed by atoms with Gasteiger partial charge in [-0.05, 0) is 112 Å². The van der Waals surface area contributed by atoms with E-state index in [9.17, 15) is 0 Å². The summed E-state index contributed by atoms with van der Waals surface area (Å²) in [5, 5.41) is 9.56. The molecule has 9 aromatic carbocycles. The molecule has 0 atom stereocenters. The number of fused-ring (bicyclic) bond motifs is 9. The Morgan fingerprint density at radius 2 is 1.02 bits per heavy atom. The monoisotopic (exact) mass is 676 g/mol. The molecule has 0 bridgehead atoms. The maximum absolute atomic E-state index is 6.26. The number of anilines is 3. The fourth-order valence-corrected chi connectivity index (χ4v) is 8.26. The molecule has 0 saturated heterocycles. The molecule has 0 saturated carbocycles. The minimum Gasteiger partial charge on any atom is -0.456 e. The fourth-order valence-electron chi connectivity index (χ4n) is 8.26. The van der Waals surface area contributed by atoms with Crippen molar-refractivity contribution >= 4 is 82.4 Å². The SMILES string of the molecule is c1ccc(-c2ccc3c(c2)c2ccccc2n3-c2cccc(N(c3ccccc3)c3ccc4ccc5cc6oc7ccccc7c6cc5c4c3)c2)cc1. The van der Waals surface area contributed by atoms with Crippen LogP contribution in [0.25, 0.3) is 82.1 Å². The second kappa shape index (κ2) is 11.7. The summed E-state index contributed by atoms with van der Waals surface area (Å²) in [4.78, 5) is 2.37. The number of rotatable bonds is 5. The molecule has 2 heterocycles. The van der Waals surface area contributed by atoms with Crippen LogP contribution >= 0.6 is 0 Å². The molecule has 11 aromatic rings. The van der Waals surface area contributed by atoms with Crippen LogP contribution in [0.2, 0.25) is 0 Å². The van der Waals surface area contributed by atoms with Gasteiger partial charge in [0, 0.05) is 44.3 Å². The van der Waals surface area contributed by atoms with E-state index in [1.807, 2.05) is 12.1 Å². The van der Waals surface area contributed by atoms with Gasteiger partial charge in [-0.1, -0.05) is 115 Å². The van der Waals surface area contributed by atoms with E-state index in [0.717, 1.165) is 50.1 Å². The molecule has 0 fully saturated rings. The summed E-state index contributed by atoms with van der Waals surface area (Å²) >= 11 is 0. The number of para-hydroxylation sites is 3. The number of nitrogens with zero attached hydrogens (tertiary/aromatic N) is 2. The molecule has 248 valence electrons. The highest BCUT2D eigenvalue weighted by atomic mass is 16.3. The minimum atomic E-state index is 0.915. The molecular weight excluding hydrogens is 645 g/mol. The highest BCUT2D eigenvalue weighted by Gasteiger charge is 2.18. The van der Waals surface area contributed by atoms with Crippen molar-refractivity contribution in [3.8, 4) is 16.8 Å². The van der Waals surface area contributed by atoms with Gasteiger partial charge in [0.15, 0.2) is 0 Å². The van der Waals surface area contributed by atoms with Crippen LogP contribution < -0.4 is 4.90 Å². The van der Waals surface area contributed by atoms with Gasteiger partial charge in [-0.2, -0.15) is 0 Å². The Morgan fingerprint density at radius 1 is 0.340 bits per heavy atom. The first-order valence-electron chi connectivity index (χ1n) is 18.1. The zero-order valence-corrected chi connectivity index (χ0v) is 28.8. The average Bonchev–Trinajstić information content (AvgIpc) is 3.76. The molecule has 0 spiro atoms.